The maximum atomic E-state index is 15.4. The van der Waals surface area contributed by atoms with E-state index >= 15 is 4.39 Å². The number of nitrogens with one attached hydrogen (secondary N) is 1. The average Bonchev–Trinajstić information content (AvgIpc) is 3.50. The van der Waals surface area contributed by atoms with Gasteiger partial charge < -0.3 is 19.2 Å². The molecule has 7 nitrogen and oxygen atoms in total. The fourth-order valence-electron chi connectivity index (χ4n) is 4.07. The molecule has 1 saturated heterocycles. The van der Waals surface area contributed by atoms with Crippen molar-refractivity contribution in [2.75, 3.05) is 36.1 Å². The molecule has 2 unspecified atom stereocenters. The van der Waals surface area contributed by atoms with Crippen molar-refractivity contribution in [1.29, 1.82) is 0 Å². The Kier molecular flexibility index (Phi) is 7.37. The fourth-order valence-corrected chi connectivity index (χ4v) is 4.73. The molecule has 0 radical (unpaired) electrons. The van der Waals surface area contributed by atoms with Crippen LogP contribution in [-0.2, 0) is 4.74 Å². The molecule has 1 aliphatic heterocycles. The average molecular weight is 488 g/mol. The van der Waals surface area contributed by atoms with Gasteiger partial charge in [-0.15, -0.1) is 11.3 Å². The van der Waals surface area contributed by atoms with E-state index in [9.17, 15) is 9.90 Å². The maximum absolute atomic E-state index is 15.4. The van der Waals surface area contributed by atoms with Crippen LogP contribution >= 0.6 is 11.3 Å². The van der Waals surface area contributed by atoms with Crippen molar-refractivity contribution < 1.29 is 23.4 Å². The minimum absolute atomic E-state index is 0.338. The zero-order valence-electron chi connectivity index (χ0n) is 19.5. The van der Waals surface area contributed by atoms with Crippen LogP contribution in [0.4, 0.5) is 15.8 Å². The molecule has 0 saturated carbocycles. The van der Waals surface area contributed by atoms with Crippen LogP contribution < -0.4 is 15.1 Å². The van der Waals surface area contributed by atoms with Gasteiger partial charge in [-0.2, -0.15) is 0 Å². The number of nitrogens with zero attached hydrogens (tertiary/aromatic N) is 2. The summed E-state index contributed by atoms with van der Waals surface area (Å²) in [6, 6.07) is 9.10. The number of rotatable bonds is 7. The van der Waals surface area contributed by atoms with Crippen LogP contribution in [0, 0.1) is 5.82 Å². The lowest BCUT2D eigenvalue weighted by Gasteiger charge is -2.37. The van der Waals surface area contributed by atoms with Gasteiger partial charge in [0, 0.05) is 29.9 Å². The van der Waals surface area contributed by atoms with Gasteiger partial charge in [-0.1, -0.05) is 6.07 Å². The van der Waals surface area contributed by atoms with Crippen molar-refractivity contribution in [1.82, 2.24) is 5.32 Å². The lowest BCUT2D eigenvalue weighted by Crippen LogP contribution is -2.52. The summed E-state index contributed by atoms with van der Waals surface area (Å²) in [6.07, 6.45) is 1.83. The van der Waals surface area contributed by atoms with E-state index in [0.29, 0.717) is 48.1 Å². The summed E-state index contributed by atoms with van der Waals surface area (Å²) in [5.41, 5.74) is 0.953. The van der Waals surface area contributed by atoms with E-state index in [1.165, 1.54) is 34.8 Å². The first-order valence-corrected chi connectivity index (χ1v) is 12.1. The van der Waals surface area contributed by atoms with Crippen LogP contribution in [-0.4, -0.2) is 49.1 Å². The summed E-state index contributed by atoms with van der Waals surface area (Å²) in [6.45, 7) is 8.04. The molecule has 0 bridgehead atoms. The van der Waals surface area contributed by atoms with Gasteiger partial charge in [-0.05, 0) is 56.5 Å². The van der Waals surface area contributed by atoms with Crippen LogP contribution in [0.1, 0.15) is 42.0 Å². The Labute approximate surface area is 202 Å². The number of furan rings is 1. The van der Waals surface area contributed by atoms with Gasteiger partial charge in [0.15, 0.2) is 0 Å². The largest absolute Gasteiger partial charge is 0.472 e. The highest BCUT2D eigenvalue weighted by Crippen LogP contribution is 2.35. The molecular weight excluding hydrogens is 457 g/mol. The van der Waals surface area contributed by atoms with Crippen molar-refractivity contribution in [3.8, 4) is 0 Å². The third-order valence-corrected chi connectivity index (χ3v) is 6.41. The first-order valence-electron chi connectivity index (χ1n) is 11.2. The molecular formula is C25H30FN3O4S. The molecule has 34 heavy (non-hydrogen) atoms. The minimum Gasteiger partial charge on any atom is -0.472 e. The van der Waals surface area contributed by atoms with Crippen molar-refractivity contribution >= 4 is 28.6 Å². The Morgan fingerprint density at radius 2 is 2.00 bits per heavy atom. The SMILES string of the molecule is CC(C)(C)NC(O)C(c1ccoc1)N(C(=O)c1cccs1)c1ccc(N2CCOCC2)c(F)c1. The molecule has 2 aromatic heterocycles. The lowest BCUT2D eigenvalue weighted by molar-refractivity contribution is 0.0692. The van der Waals surface area contributed by atoms with E-state index in [2.05, 4.69) is 5.32 Å². The quantitative estimate of drug-likeness (QED) is 0.481. The standard InChI is InChI=1S/C25H30FN3O4S/c1-25(2,3)27-23(30)22(17-8-11-33-16-17)29(24(31)21-5-4-14-34-21)18-6-7-20(19(26)15-18)28-9-12-32-13-10-28/h4-8,11,14-16,22-23,27,30H,9-10,12-13H2,1-3H3. The van der Waals surface area contributed by atoms with Crippen LogP contribution in [0.2, 0.25) is 0 Å². The molecule has 1 fully saturated rings. The predicted molar refractivity (Wildman–Crippen MR) is 131 cm³/mol. The number of aliphatic hydroxyl groups is 1. The summed E-state index contributed by atoms with van der Waals surface area (Å²) in [5.74, 6) is -0.776. The molecule has 2 atom stereocenters. The third-order valence-electron chi connectivity index (χ3n) is 5.55. The molecule has 0 spiro atoms. The number of hydrogen-bond acceptors (Lipinski definition) is 7. The normalized spacial score (nSPS) is 16.3. The molecule has 3 aromatic rings. The second-order valence-electron chi connectivity index (χ2n) is 9.23. The monoisotopic (exact) mass is 487 g/mol. The van der Waals surface area contributed by atoms with Gasteiger partial charge >= 0.3 is 0 Å². The van der Waals surface area contributed by atoms with Crippen LogP contribution in [0.5, 0.6) is 0 Å². The van der Waals surface area contributed by atoms with Gasteiger partial charge in [-0.3, -0.25) is 15.0 Å². The van der Waals surface area contributed by atoms with E-state index in [0.717, 1.165) is 0 Å². The molecule has 0 aliphatic carbocycles. The number of ether oxygens (including phenoxy) is 1. The van der Waals surface area contributed by atoms with Gasteiger partial charge in [0.2, 0.25) is 0 Å². The Balaban J connectivity index is 1.78. The smallest absolute Gasteiger partial charge is 0.269 e. The molecule has 9 heteroatoms. The van der Waals surface area contributed by atoms with E-state index in [1.54, 1.807) is 30.3 Å². The number of halogens is 1. The number of thiophene rings is 1. The topological polar surface area (TPSA) is 78.2 Å². The summed E-state index contributed by atoms with van der Waals surface area (Å²) in [4.78, 5) is 17.6. The minimum atomic E-state index is -1.15. The number of morpholine rings is 1. The van der Waals surface area contributed by atoms with Crippen molar-refractivity contribution in [3.63, 3.8) is 0 Å². The summed E-state index contributed by atoms with van der Waals surface area (Å²) >= 11 is 1.29. The molecule has 4 rings (SSSR count). The third kappa shape index (κ3) is 5.50. The Morgan fingerprint density at radius 3 is 2.59 bits per heavy atom. The zero-order valence-corrected chi connectivity index (χ0v) is 20.3. The number of carbonyl (C=O) groups is 1. The Hall–Kier alpha value is -2.72. The van der Waals surface area contributed by atoms with Crippen molar-refractivity contribution in [3.05, 3.63) is 70.6 Å². The highest BCUT2D eigenvalue weighted by Gasteiger charge is 2.36. The second kappa shape index (κ2) is 10.3. The van der Waals surface area contributed by atoms with Gasteiger partial charge in [0.1, 0.15) is 18.1 Å². The first-order chi connectivity index (χ1) is 16.2. The predicted octanol–water partition coefficient (Wildman–Crippen LogP) is 4.41. The number of aliphatic hydroxyl groups excluding tert-OH is 1. The van der Waals surface area contributed by atoms with E-state index in [-0.39, 0.29) is 5.91 Å². The van der Waals surface area contributed by atoms with E-state index in [1.807, 2.05) is 31.1 Å². The molecule has 1 aliphatic rings. The first kappa shape index (κ1) is 24.4. The van der Waals surface area contributed by atoms with Gasteiger partial charge in [0.05, 0.1) is 36.3 Å². The van der Waals surface area contributed by atoms with Crippen LogP contribution in [0.15, 0.2) is 58.7 Å². The molecule has 182 valence electrons. The lowest BCUT2D eigenvalue weighted by atomic mass is 10.0. The van der Waals surface area contributed by atoms with Crippen LogP contribution in [0.3, 0.4) is 0 Å². The number of hydrogen-bond donors (Lipinski definition) is 2. The summed E-state index contributed by atoms with van der Waals surface area (Å²) < 4.78 is 26.0. The highest BCUT2D eigenvalue weighted by atomic mass is 32.1. The molecule has 1 aromatic carbocycles. The number of anilines is 2. The van der Waals surface area contributed by atoms with Crippen molar-refractivity contribution in [2.24, 2.45) is 0 Å². The maximum Gasteiger partial charge on any atom is 0.269 e. The number of carbonyl (C=O) groups excluding carboxylic acids is 1. The van der Waals surface area contributed by atoms with Crippen LogP contribution in [0.25, 0.3) is 0 Å². The van der Waals surface area contributed by atoms with E-state index < -0.39 is 23.6 Å². The molecule has 1 amide bonds. The van der Waals surface area contributed by atoms with Gasteiger partial charge in [-0.25, -0.2) is 4.39 Å². The highest BCUT2D eigenvalue weighted by molar-refractivity contribution is 7.12. The Bertz CT molecular complexity index is 1080. The summed E-state index contributed by atoms with van der Waals surface area (Å²) in [5, 5.41) is 16.2. The second-order valence-corrected chi connectivity index (χ2v) is 10.2. The summed E-state index contributed by atoms with van der Waals surface area (Å²) in [7, 11) is 0. The van der Waals surface area contributed by atoms with Gasteiger partial charge in [0.25, 0.3) is 5.91 Å². The Morgan fingerprint density at radius 1 is 1.24 bits per heavy atom. The fraction of sp³-hybridized carbons (Fsp3) is 0.400. The van der Waals surface area contributed by atoms with E-state index in [4.69, 9.17) is 9.15 Å². The molecule has 2 N–H and O–H groups in total. The van der Waals surface area contributed by atoms with Crippen molar-refractivity contribution in [2.45, 2.75) is 38.6 Å². The molecule has 3 heterocycles. The number of amides is 1. The number of benzene rings is 1. The zero-order chi connectivity index (χ0) is 24.3.